The number of aliphatic hydroxyl groups is 1. The molecule has 0 aliphatic carbocycles. The van der Waals surface area contributed by atoms with E-state index in [2.05, 4.69) is 38.2 Å². The Morgan fingerprint density at radius 1 is 1.38 bits per heavy atom. The van der Waals surface area contributed by atoms with Crippen molar-refractivity contribution < 1.29 is 5.11 Å². The Balaban J connectivity index is 3.69. The topological polar surface area (TPSA) is 35.5 Å². The number of rotatable bonds is 7. The maximum Gasteiger partial charge on any atom is 0.0448 e. The Bertz CT molecular complexity index is 128. The second-order valence-electron chi connectivity index (χ2n) is 4.12. The van der Waals surface area contributed by atoms with Crippen LogP contribution in [0.15, 0.2) is 0 Å². The van der Waals surface area contributed by atoms with Crippen molar-refractivity contribution in [3.63, 3.8) is 0 Å². The van der Waals surface area contributed by atoms with Crippen molar-refractivity contribution in [2.45, 2.75) is 32.2 Å². The molecule has 0 aromatic rings. The smallest absolute Gasteiger partial charge is 0.0448 e. The molecule has 0 aromatic heterocycles. The molecule has 0 rings (SSSR count). The molecule has 13 heavy (non-hydrogen) atoms. The molecule has 0 fully saturated rings. The van der Waals surface area contributed by atoms with Crippen LogP contribution in [0.4, 0.5) is 0 Å². The van der Waals surface area contributed by atoms with Crippen LogP contribution in [0.3, 0.4) is 0 Å². The molecule has 0 spiro atoms. The van der Waals surface area contributed by atoms with Crippen molar-refractivity contribution in [3.8, 4) is 0 Å². The second kappa shape index (κ2) is 6.35. The fourth-order valence-electron chi connectivity index (χ4n) is 1.22. The molecule has 0 aliphatic rings. The summed E-state index contributed by atoms with van der Waals surface area (Å²) in [6.45, 7) is 6.61. The summed E-state index contributed by atoms with van der Waals surface area (Å²) in [4.78, 5) is 2.15. The zero-order chi connectivity index (χ0) is 10.3. The van der Waals surface area contributed by atoms with Crippen molar-refractivity contribution in [1.82, 2.24) is 10.2 Å². The highest BCUT2D eigenvalue weighted by Gasteiger charge is 2.19. The van der Waals surface area contributed by atoms with Crippen LogP contribution >= 0.6 is 0 Å². The van der Waals surface area contributed by atoms with Gasteiger partial charge in [0.25, 0.3) is 0 Å². The zero-order valence-corrected chi connectivity index (χ0v) is 9.43. The number of aliphatic hydroxyl groups excluding tert-OH is 1. The molecule has 0 radical (unpaired) electrons. The average molecular weight is 188 g/mol. The standard InChI is InChI=1S/C10H24N2O/c1-5-10(2,6-9-13)11-7-8-12(3)4/h11,13H,5-9H2,1-4H3. The summed E-state index contributed by atoms with van der Waals surface area (Å²) in [6, 6.07) is 0. The molecular weight excluding hydrogens is 164 g/mol. The molecule has 80 valence electrons. The van der Waals surface area contributed by atoms with Gasteiger partial charge < -0.3 is 15.3 Å². The Labute approximate surface area is 82.1 Å². The van der Waals surface area contributed by atoms with Gasteiger partial charge in [-0.15, -0.1) is 0 Å². The minimum Gasteiger partial charge on any atom is -0.396 e. The Kier molecular flexibility index (Phi) is 6.29. The minimum absolute atomic E-state index is 0.102. The molecule has 0 aliphatic heterocycles. The first kappa shape index (κ1) is 12.9. The van der Waals surface area contributed by atoms with Gasteiger partial charge in [0.2, 0.25) is 0 Å². The monoisotopic (exact) mass is 188 g/mol. The molecule has 1 unspecified atom stereocenters. The number of likely N-dealkylation sites (N-methyl/N-ethyl adjacent to an activating group) is 1. The molecule has 0 saturated heterocycles. The SMILES string of the molecule is CCC(C)(CCO)NCCN(C)C. The molecule has 3 nitrogen and oxygen atoms in total. The van der Waals surface area contributed by atoms with Gasteiger partial charge in [0.15, 0.2) is 0 Å². The van der Waals surface area contributed by atoms with Gasteiger partial charge in [0, 0.05) is 25.2 Å². The van der Waals surface area contributed by atoms with E-state index in [-0.39, 0.29) is 12.1 Å². The van der Waals surface area contributed by atoms with E-state index in [0.717, 1.165) is 25.9 Å². The largest absolute Gasteiger partial charge is 0.396 e. The predicted octanol–water partition coefficient (Wildman–Crippen LogP) is 0.689. The molecule has 1 atom stereocenters. The van der Waals surface area contributed by atoms with Crippen LogP contribution in [0.25, 0.3) is 0 Å². The summed E-state index contributed by atoms with van der Waals surface area (Å²) in [7, 11) is 4.13. The van der Waals surface area contributed by atoms with E-state index in [1.807, 2.05) is 0 Å². The van der Waals surface area contributed by atoms with E-state index >= 15 is 0 Å². The molecule has 0 amide bonds. The quantitative estimate of drug-likeness (QED) is 0.617. The van der Waals surface area contributed by atoms with Crippen LogP contribution in [-0.4, -0.2) is 49.3 Å². The van der Waals surface area contributed by atoms with Gasteiger partial charge in [0.1, 0.15) is 0 Å². The third kappa shape index (κ3) is 6.02. The molecule has 0 bridgehead atoms. The van der Waals surface area contributed by atoms with E-state index in [0.29, 0.717) is 0 Å². The maximum atomic E-state index is 8.89. The highest BCUT2D eigenvalue weighted by Crippen LogP contribution is 2.12. The first-order valence-corrected chi connectivity index (χ1v) is 5.04. The molecule has 0 heterocycles. The van der Waals surface area contributed by atoms with Gasteiger partial charge in [-0.3, -0.25) is 0 Å². The van der Waals surface area contributed by atoms with E-state index in [4.69, 9.17) is 5.11 Å². The van der Waals surface area contributed by atoms with Crippen LogP contribution < -0.4 is 5.32 Å². The van der Waals surface area contributed by atoms with Crippen molar-refractivity contribution in [2.75, 3.05) is 33.8 Å². The Hall–Kier alpha value is -0.120. The average Bonchev–Trinajstić information content (AvgIpc) is 2.04. The van der Waals surface area contributed by atoms with Gasteiger partial charge in [0.05, 0.1) is 0 Å². The lowest BCUT2D eigenvalue weighted by Gasteiger charge is -2.29. The lowest BCUT2D eigenvalue weighted by molar-refractivity contribution is 0.212. The zero-order valence-electron chi connectivity index (χ0n) is 9.43. The summed E-state index contributed by atoms with van der Waals surface area (Å²) >= 11 is 0. The predicted molar refractivity (Wildman–Crippen MR) is 57.0 cm³/mol. The van der Waals surface area contributed by atoms with Crippen LogP contribution in [0.5, 0.6) is 0 Å². The summed E-state index contributed by atoms with van der Waals surface area (Å²) in [5.74, 6) is 0. The number of nitrogens with one attached hydrogen (secondary N) is 1. The Morgan fingerprint density at radius 2 is 2.00 bits per heavy atom. The van der Waals surface area contributed by atoms with Gasteiger partial charge in [-0.25, -0.2) is 0 Å². The maximum absolute atomic E-state index is 8.89. The van der Waals surface area contributed by atoms with Gasteiger partial charge in [-0.2, -0.15) is 0 Å². The lowest BCUT2D eigenvalue weighted by Crippen LogP contribution is -2.45. The third-order valence-corrected chi connectivity index (χ3v) is 2.55. The lowest BCUT2D eigenvalue weighted by atomic mass is 9.95. The van der Waals surface area contributed by atoms with Crippen molar-refractivity contribution in [2.24, 2.45) is 0 Å². The van der Waals surface area contributed by atoms with Crippen molar-refractivity contribution in [3.05, 3.63) is 0 Å². The normalized spacial score (nSPS) is 16.2. The van der Waals surface area contributed by atoms with Gasteiger partial charge in [-0.05, 0) is 33.9 Å². The summed E-state index contributed by atoms with van der Waals surface area (Å²) in [5.41, 5.74) is 0.102. The Morgan fingerprint density at radius 3 is 2.38 bits per heavy atom. The van der Waals surface area contributed by atoms with Crippen molar-refractivity contribution >= 4 is 0 Å². The van der Waals surface area contributed by atoms with E-state index < -0.39 is 0 Å². The molecule has 2 N–H and O–H groups in total. The minimum atomic E-state index is 0.102. The van der Waals surface area contributed by atoms with Crippen LogP contribution in [0.1, 0.15) is 26.7 Å². The fourth-order valence-corrected chi connectivity index (χ4v) is 1.22. The van der Waals surface area contributed by atoms with E-state index in [9.17, 15) is 0 Å². The molecule has 3 heteroatoms. The summed E-state index contributed by atoms with van der Waals surface area (Å²) < 4.78 is 0. The highest BCUT2D eigenvalue weighted by atomic mass is 16.3. The van der Waals surface area contributed by atoms with E-state index in [1.54, 1.807) is 0 Å². The fraction of sp³-hybridized carbons (Fsp3) is 1.00. The number of hydrogen-bond acceptors (Lipinski definition) is 3. The number of nitrogens with zero attached hydrogens (tertiary/aromatic N) is 1. The summed E-state index contributed by atoms with van der Waals surface area (Å²) in [6.07, 6.45) is 1.89. The van der Waals surface area contributed by atoms with Crippen LogP contribution in [0.2, 0.25) is 0 Å². The van der Waals surface area contributed by atoms with Gasteiger partial charge in [-0.1, -0.05) is 6.92 Å². The van der Waals surface area contributed by atoms with Crippen LogP contribution in [0, 0.1) is 0 Å². The second-order valence-corrected chi connectivity index (χ2v) is 4.12. The highest BCUT2D eigenvalue weighted by molar-refractivity contribution is 4.81. The summed E-state index contributed by atoms with van der Waals surface area (Å²) in [5, 5.41) is 12.4. The first-order chi connectivity index (χ1) is 6.04. The van der Waals surface area contributed by atoms with E-state index in [1.165, 1.54) is 0 Å². The molecule has 0 saturated carbocycles. The first-order valence-electron chi connectivity index (χ1n) is 5.04. The van der Waals surface area contributed by atoms with Gasteiger partial charge >= 0.3 is 0 Å². The van der Waals surface area contributed by atoms with Crippen molar-refractivity contribution in [1.29, 1.82) is 0 Å². The van der Waals surface area contributed by atoms with Crippen LogP contribution in [-0.2, 0) is 0 Å². The molecular formula is C10H24N2O. The third-order valence-electron chi connectivity index (χ3n) is 2.55. The molecule has 0 aromatic carbocycles. The number of hydrogen-bond donors (Lipinski definition) is 2.